The summed E-state index contributed by atoms with van der Waals surface area (Å²) in [7, 11) is 1.01. The molecule has 2 atom stereocenters. The molecule has 0 unspecified atom stereocenters. The lowest BCUT2D eigenvalue weighted by atomic mass is 9.83. The number of hydrogen-bond acceptors (Lipinski definition) is 3. The molecular formula is C18H13F5O3. The van der Waals surface area contributed by atoms with Crippen LogP contribution in [0.5, 0.6) is 0 Å². The van der Waals surface area contributed by atoms with Gasteiger partial charge < -0.3 is 9.84 Å². The van der Waals surface area contributed by atoms with Gasteiger partial charge >= 0.3 is 5.97 Å². The van der Waals surface area contributed by atoms with Crippen molar-refractivity contribution in [3.05, 3.63) is 82.7 Å². The lowest BCUT2D eigenvalue weighted by molar-refractivity contribution is -0.136. The highest BCUT2D eigenvalue weighted by atomic mass is 19.2. The molecule has 138 valence electrons. The third kappa shape index (κ3) is 3.32. The summed E-state index contributed by atoms with van der Waals surface area (Å²) in [5.74, 6) is -13.6. The maximum absolute atomic E-state index is 14.0. The molecule has 0 aliphatic carbocycles. The van der Waals surface area contributed by atoms with E-state index < -0.39 is 58.2 Å². The van der Waals surface area contributed by atoms with Crippen LogP contribution in [0, 0.1) is 29.1 Å². The van der Waals surface area contributed by atoms with Crippen molar-refractivity contribution in [3.63, 3.8) is 0 Å². The lowest BCUT2D eigenvalue weighted by Crippen LogP contribution is -2.22. The first-order valence-electron chi connectivity index (χ1n) is 7.23. The molecule has 0 saturated carbocycles. The summed E-state index contributed by atoms with van der Waals surface area (Å²) in [5.41, 5.74) is -1.71. The normalized spacial score (nSPS) is 13.2. The maximum atomic E-state index is 14.0. The Morgan fingerprint density at radius 2 is 1.42 bits per heavy atom. The van der Waals surface area contributed by atoms with Crippen molar-refractivity contribution in [2.24, 2.45) is 0 Å². The van der Waals surface area contributed by atoms with Gasteiger partial charge in [-0.3, -0.25) is 0 Å². The van der Waals surface area contributed by atoms with Gasteiger partial charge in [-0.25, -0.2) is 26.7 Å². The van der Waals surface area contributed by atoms with Gasteiger partial charge in [-0.05, 0) is 5.56 Å². The van der Waals surface area contributed by atoms with Crippen LogP contribution in [0.2, 0.25) is 0 Å². The molecule has 0 aromatic heterocycles. The number of rotatable bonds is 5. The number of carbonyl (C=O) groups is 1. The van der Waals surface area contributed by atoms with Gasteiger partial charge in [-0.1, -0.05) is 36.9 Å². The predicted molar refractivity (Wildman–Crippen MR) is 81.5 cm³/mol. The number of aliphatic hydroxyl groups is 1. The first-order chi connectivity index (χ1) is 12.2. The SMILES string of the molecule is C=C(C(=O)OC)[C@@H](c1ccccc1)[C@H](O)c1c(F)c(F)c(F)c(F)c1F. The van der Waals surface area contributed by atoms with E-state index in [9.17, 15) is 31.9 Å². The number of esters is 1. The van der Waals surface area contributed by atoms with Gasteiger partial charge in [0.05, 0.1) is 18.8 Å². The van der Waals surface area contributed by atoms with Crippen molar-refractivity contribution in [1.29, 1.82) is 0 Å². The van der Waals surface area contributed by atoms with E-state index in [1.807, 2.05) is 0 Å². The van der Waals surface area contributed by atoms with Crippen LogP contribution in [0.4, 0.5) is 22.0 Å². The molecule has 2 aromatic rings. The third-order valence-electron chi connectivity index (χ3n) is 3.84. The minimum atomic E-state index is -2.35. The van der Waals surface area contributed by atoms with Gasteiger partial charge in [0, 0.05) is 11.5 Å². The van der Waals surface area contributed by atoms with Crippen LogP contribution < -0.4 is 0 Å². The Labute approximate surface area is 145 Å². The van der Waals surface area contributed by atoms with E-state index in [-0.39, 0.29) is 5.56 Å². The molecule has 26 heavy (non-hydrogen) atoms. The van der Waals surface area contributed by atoms with Crippen LogP contribution in [-0.2, 0) is 9.53 Å². The van der Waals surface area contributed by atoms with E-state index in [4.69, 9.17) is 0 Å². The third-order valence-corrected chi connectivity index (χ3v) is 3.84. The lowest BCUT2D eigenvalue weighted by Gasteiger charge is -2.25. The van der Waals surface area contributed by atoms with Crippen molar-refractivity contribution < 1.29 is 36.6 Å². The summed E-state index contributed by atoms with van der Waals surface area (Å²) < 4.78 is 72.7. The van der Waals surface area contributed by atoms with Crippen molar-refractivity contribution >= 4 is 5.97 Å². The summed E-state index contributed by atoms with van der Waals surface area (Å²) in [6, 6.07) is 7.38. The van der Waals surface area contributed by atoms with E-state index >= 15 is 0 Å². The maximum Gasteiger partial charge on any atom is 0.333 e. The van der Waals surface area contributed by atoms with Crippen molar-refractivity contribution in [2.45, 2.75) is 12.0 Å². The molecule has 1 N–H and O–H groups in total. The predicted octanol–water partition coefficient (Wildman–Crippen LogP) is 3.93. The summed E-state index contributed by atoms with van der Waals surface area (Å²) in [4.78, 5) is 11.8. The molecule has 0 bridgehead atoms. The van der Waals surface area contributed by atoms with E-state index in [0.29, 0.717) is 0 Å². The molecule has 0 radical (unpaired) electrons. The minimum Gasteiger partial charge on any atom is -0.466 e. The fraction of sp³-hybridized carbons (Fsp3) is 0.167. The molecule has 0 aliphatic heterocycles. The van der Waals surface area contributed by atoms with Crippen LogP contribution in [0.25, 0.3) is 0 Å². The Balaban J connectivity index is 2.67. The molecule has 2 rings (SSSR count). The summed E-state index contributed by atoms with van der Waals surface area (Å²) >= 11 is 0. The Bertz CT molecular complexity index is 823. The standard InChI is InChI=1S/C18H13F5O3/c1-8(18(25)26-2)10(9-6-4-3-5-7-9)17(24)11-12(19)14(21)16(23)15(22)13(11)20/h3-7,10,17,24H,1H2,2H3/t10-,17-/m0/s1. The average molecular weight is 372 g/mol. The molecule has 0 saturated heterocycles. The number of aliphatic hydroxyl groups excluding tert-OH is 1. The number of hydrogen-bond donors (Lipinski definition) is 1. The second kappa shape index (κ2) is 7.65. The highest BCUT2D eigenvalue weighted by Crippen LogP contribution is 2.40. The molecule has 0 spiro atoms. The Morgan fingerprint density at radius 1 is 0.962 bits per heavy atom. The summed E-state index contributed by atoms with van der Waals surface area (Å²) in [6.45, 7) is 3.43. The number of methoxy groups -OCH3 is 1. The second-order valence-corrected chi connectivity index (χ2v) is 5.33. The fourth-order valence-corrected chi connectivity index (χ4v) is 2.54. The Kier molecular flexibility index (Phi) is 5.76. The quantitative estimate of drug-likeness (QED) is 0.284. The second-order valence-electron chi connectivity index (χ2n) is 5.33. The molecular weight excluding hydrogens is 359 g/mol. The van der Waals surface area contributed by atoms with Crippen LogP contribution in [0.3, 0.4) is 0 Å². The molecule has 0 aliphatic rings. The van der Waals surface area contributed by atoms with Crippen molar-refractivity contribution in [2.75, 3.05) is 7.11 Å². The molecule has 3 nitrogen and oxygen atoms in total. The highest BCUT2D eigenvalue weighted by Gasteiger charge is 2.37. The van der Waals surface area contributed by atoms with Gasteiger partial charge in [0.15, 0.2) is 23.3 Å². The zero-order chi connectivity index (χ0) is 19.6. The molecule has 8 heteroatoms. The number of ether oxygens (including phenoxy) is 1. The highest BCUT2D eigenvalue weighted by molar-refractivity contribution is 5.89. The first-order valence-corrected chi connectivity index (χ1v) is 7.23. The molecule has 0 heterocycles. The Hall–Kier alpha value is -2.74. The van der Waals surface area contributed by atoms with Gasteiger partial charge in [-0.15, -0.1) is 0 Å². The smallest absolute Gasteiger partial charge is 0.333 e. The van der Waals surface area contributed by atoms with Crippen LogP contribution in [-0.4, -0.2) is 18.2 Å². The zero-order valence-corrected chi connectivity index (χ0v) is 13.4. The van der Waals surface area contributed by atoms with Crippen molar-refractivity contribution in [3.8, 4) is 0 Å². The van der Waals surface area contributed by atoms with Crippen LogP contribution in [0.1, 0.15) is 23.1 Å². The van der Waals surface area contributed by atoms with Gasteiger partial charge in [0.2, 0.25) is 5.82 Å². The van der Waals surface area contributed by atoms with Gasteiger partial charge in [-0.2, -0.15) is 0 Å². The first kappa shape index (κ1) is 19.6. The topological polar surface area (TPSA) is 46.5 Å². The molecule has 2 aromatic carbocycles. The van der Waals surface area contributed by atoms with E-state index in [0.717, 1.165) is 7.11 Å². The molecule has 0 fully saturated rings. The van der Waals surface area contributed by atoms with Gasteiger partial charge in [0.25, 0.3) is 0 Å². The fourth-order valence-electron chi connectivity index (χ4n) is 2.54. The van der Waals surface area contributed by atoms with Crippen LogP contribution in [0.15, 0.2) is 42.5 Å². The van der Waals surface area contributed by atoms with E-state index in [1.165, 1.54) is 24.3 Å². The number of halogens is 5. The van der Waals surface area contributed by atoms with E-state index in [2.05, 4.69) is 11.3 Å². The monoisotopic (exact) mass is 372 g/mol. The number of benzene rings is 2. The largest absolute Gasteiger partial charge is 0.466 e. The van der Waals surface area contributed by atoms with Crippen molar-refractivity contribution in [1.82, 2.24) is 0 Å². The number of carbonyl (C=O) groups excluding carboxylic acids is 1. The van der Waals surface area contributed by atoms with E-state index in [1.54, 1.807) is 6.07 Å². The minimum absolute atomic E-state index is 0.166. The van der Waals surface area contributed by atoms with Gasteiger partial charge in [0.1, 0.15) is 0 Å². The summed E-state index contributed by atoms with van der Waals surface area (Å²) in [6.07, 6.45) is -2.28. The Morgan fingerprint density at radius 3 is 1.88 bits per heavy atom. The van der Waals surface area contributed by atoms with Crippen LogP contribution >= 0.6 is 0 Å². The molecule has 0 amide bonds. The average Bonchev–Trinajstić information content (AvgIpc) is 2.65. The zero-order valence-electron chi connectivity index (χ0n) is 13.4. The summed E-state index contributed by atoms with van der Waals surface area (Å²) in [5, 5.41) is 10.4.